The average Bonchev–Trinajstić information content (AvgIpc) is 2.42. The Morgan fingerprint density at radius 2 is 1.89 bits per heavy atom. The van der Waals surface area contributed by atoms with Crippen molar-refractivity contribution in [3.8, 4) is 0 Å². The SMILES string of the molecule is CCCN(Cc1ccccc1Br)C1CCC(N)CC1. The van der Waals surface area contributed by atoms with Gasteiger partial charge in [-0.2, -0.15) is 0 Å². The standard InChI is InChI=1S/C16H25BrN2/c1-2-11-19(15-9-7-14(18)8-10-15)12-13-5-3-4-6-16(13)17/h3-6,14-15H,2,7-12,18H2,1H3. The third kappa shape index (κ3) is 4.30. The Hall–Kier alpha value is -0.380. The number of nitrogens with zero attached hydrogens (tertiary/aromatic N) is 1. The number of nitrogens with two attached hydrogens (primary N) is 1. The predicted molar refractivity (Wildman–Crippen MR) is 85.1 cm³/mol. The van der Waals surface area contributed by atoms with Crippen molar-refractivity contribution >= 4 is 15.9 Å². The van der Waals surface area contributed by atoms with Crippen LogP contribution in [0.3, 0.4) is 0 Å². The van der Waals surface area contributed by atoms with Crippen molar-refractivity contribution in [1.29, 1.82) is 0 Å². The van der Waals surface area contributed by atoms with Crippen LogP contribution in [0.2, 0.25) is 0 Å². The maximum Gasteiger partial charge on any atom is 0.0247 e. The summed E-state index contributed by atoms with van der Waals surface area (Å²) in [5.74, 6) is 0. The maximum absolute atomic E-state index is 6.02. The molecule has 0 radical (unpaired) electrons. The number of hydrogen-bond donors (Lipinski definition) is 1. The lowest BCUT2D eigenvalue weighted by atomic mass is 9.90. The van der Waals surface area contributed by atoms with Crippen LogP contribution < -0.4 is 5.73 Å². The smallest absolute Gasteiger partial charge is 0.0247 e. The normalized spacial score (nSPS) is 23.8. The van der Waals surface area contributed by atoms with Gasteiger partial charge in [0.15, 0.2) is 0 Å². The first kappa shape index (κ1) is 15.0. The molecule has 0 unspecified atom stereocenters. The molecule has 1 aliphatic carbocycles. The highest BCUT2D eigenvalue weighted by molar-refractivity contribution is 9.10. The van der Waals surface area contributed by atoms with Crippen molar-refractivity contribution in [2.45, 2.75) is 57.7 Å². The van der Waals surface area contributed by atoms with Crippen molar-refractivity contribution < 1.29 is 0 Å². The second-order valence-electron chi connectivity index (χ2n) is 5.63. The minimum atomic E-state index is 0.434. The zero-order valence-corrected chi connectivity index (χ0v) is 13.4. The Morgan fingerprint density at radius 3 is 2.53 bits per heavy atom. The predicted octanol–water partition coefficient (Wildman–Crippen LogP) is 3.93. The molecule has 3 heteroatoms. The van der Waals surface area contributed by atoms with Gasteiger partial charge < -0.3 is 5.73 Å². The van der Waals surface area contributed by atoms with Gasteiger partial charge in [-0.25, -0.2) is 0 Å². The number of hydrogen-bond acceptors (Lipinski definition) is 2. The van der Waals surface area contributed by atoms with Crippen LogP contribution in [0.15, 0.2) is 28.7 Å². The first-order chi connectivity index (χ1) is 9.20. The van der Waals surface area contributed by atoms with Gasteiger partial charge in [-0.1, -0.05) is 41.1 Å². The summed E-state index contributed by atoms with van der Waals surface area (Å²) in [5, 5.41) is 0. The molecule has 2 rings (SSSR count). The van der Waals surface area contributed by atoms with Gasteiger partial charge >= 0.3 is 0 Å². The van der Waals surface area contributed by atoms with E-state index in [0.29, 0.717) is 12.1 Å². The quantitative estimate of drug-likeness (QED) is 0.889. The van der Waals surface area contributed by atoms with Crippen LogP contribution >= 0.6 is 15.9 Å². The van der Waals surface area contributed by atoms with E-state index < -0.39 is 0 Å². The molecule has 1 aliphatic rings. The molecule has 0 amide bonds. The topological polar surface area (TPSA) is 29.3 Å². The van der Waals surface area contributed by atoms with E-state index in [9.17, 15) is 0 Å². The van der Waals surface area contributed by atoms with Crippen LogP contribution in [0.25, 0.3) is 0 Å². The summed E-state index contributed by atoms with van der Waals surface area (Å²) in [7, 11) is 0. The van der Waals surface area contributed by atoms with Crippen LogP contribution in [-0.2, 0) is 6.54 Å². The molecule has 106 valence electrons. The summed E-state index contributed by atoms with van der Waals surface area (Å²) in [6.07, 6.45) is 6.09. The third-order valence-corrected chi connectivity index (χ3v) is 4.87. The van der Waals surface area contributed by atoms with E-state index in [4.69, 9.17) is 5.73 Å². The maximum atomic E-state index is 6.02. The molecule has 0 bridgehead atoms. The van der Waals surface area contributed by atoms with E-state index in [1.165, 1.54) is 48.7 Å². The molecule has 1 saturated carbocycles. The van der Waals surface area contributed by atoms with Gasteiger partial charge in [-0.15, -0.1) is 0 Å². The minimum absolute atomic E-state index is 0.434. The first-order valence-corrected chi connectivity index (χ1v) is 8.23. The van der Waals surface area contributed by atoms with E-state index in [1.807, 2.05) is 0 Å². The number of benzene rings is 1. The minimum Gasteiger partial charge on any atom is -0.328 e. The van der Waals surface area contributed by atoms with Gasteiger partial charge in [0.2, 0.25) is 0 Å². The molecule has 0 heterocycles. The van der Waals surface area contributed by atoms with Crippen molar-refractivity contribution in [1.82, 2.24) is 4.90 Å². The van der Waals surface area contributed by atoms with Crippen LogP contribution in [0.4, 0.5) is 0 Å². The number of rotatable bonds is 5. The lowest BCUT2D eigenvalue weighted by Crippen LogP contribution is -2.40. The first-order valence-electron chi connectivity index (χ1n) is 7.43. The fourth-order valence-corrected chi connectivity index (χ4v) is 3.40. The van der Waals surface area contributed by atoms with E-state index in [0.717, 1.165) is 6.54 Å². The van der Waals surface area contributed by atoms with Crippen molar-refractivity contribution in [3.63, 3.8) is 0 Å². The van der Waals surface area contributed by atoms with Gasteiger partial charge in [-0.05, 0) is 50.3 Å². The molecule has 1 fully saturated rings. The molecule has 2 N–H and O–H groups in total. The Balaban J connectivity index is 2.02. The molecular formula is C16H25BrN2. The molecule has 0 aliphatic heterocycles. The second kappa shape index (κ2) is 7.41. The zero-order valence-electron chi connectivity index (χ0n) is 11.8. The second-order valence-corrected chi connectivity index (χ2v) is 6.48. The average molecular weight is 325 g/mol. The van der Waals surface area contributed by atoms with Gasteiger partial charge in [0.1, 0.15) is 0 Å². The molecular weight excluding hydrogens is 300 g/mol. The van der Waals surface area contributed by atoms with Gasteiger partial charge in [0.25, 0.3) is 0 Å². The highest BCUT2D eigenvalue weighted by Crippen LogP contribution is 2.25. The molecule has 1 aromatic carbocycles. The van der Waals surface area contributed by atoms with Crippen LogP contribution in [-0.4, -0.2) is 23.5 Å². The number of halogens is 1. The summed E-state index contributed by atoms with van der Waals surface area (Å²) >= 11 is 3.66. The van der Waals surface area contributed by atoms with E-state index in [-0.39, 0.29) is 0 Å². The van der Waals surface area contributed by atoms with E-state index in [1.54, 1.807) is 0 Å². The molecule has 19 heavy (non-hydrogen) atoms. The van der Waals surface area contributed by atoms with Crippen LogP contribution in [0, 0.1) is 0 Å². The summed E-state index contributed by atoms with van der Waals surface area (Å²) < 4.78 is 1.23. The van der Waals surface area contributed by atoms with Crippen LogP contribution in [0.1, 0.15) is 44.6 Å². The van der Waals surface area contributed by atoms with Crippen molar-refractivity contribution in [3.05, 3.63) is 34.3 Å². The monoisotopic (exact) mass is 324 g/mol. The Kier molecular flexibility index (Phi) is 5.86. The van der Waals surface area contributed by atoms with E-state index in [2.05, 4.69) is 52.0 Å². The molecule has 0 spiro atoms. The van der Waals surface area contributed by atoms with Gasteiger partial charge in [0, 0.05) is 23.1 Å². The summed E-state index contributed by atoms with van der Waals surface area (Å²) in [6, 6.07) is 9.71. The van der Waals surface area contributed by atoms with E-state index >= 15 is 0 Å². The summed E-state index contributed by atoms with van der Waals surface area (Å²) in [6.45, 7) is 4.50. The molecule has 0 aromatic heterocycles. The Morgan fingerprint density at radius 1 is 1.21 bits per heavy atom. The Labute approximate surface area is 125 Å². The largest absolute Gasteiger partial charge is 0.328 e. The zero-order chi connectivity index (χ0) is 13.7. The van der Waals surface area contributed by atoms with Gasteiger partial charge in [0.05, 0.1) is 0 Å². The Bertz CT molecular complexity index is 386. The fraction of sp³-hybridized carbons (Fsp3) is 0.625. The van der Waals surface area contributed by atoms with Crippen molar-refractivity contribution in [2.75, 3.05) is 6.54 Å². The summed E-state index contributed by atoms with van der Waals surface area (Å²) in [5.41, 5.74) is 7.42. The summed E-state index contributed by atoms with van der Waals surface area (Å²) in [4.78, 5) is 2.64. The molecule has 1 aromatic rings. The van der Waals surface area contributed by atoms with Crippen molar-refractivity contribution in [2.24, 2.45) is 5.73 Å². The highest BCUT2D eigenvalue weighted by atomic mass is 79.9. The molecule has 2 nitrogen and oxygen atoms in total. The highest BCUT2D eigenvalue weighted by Gasteiger charge is 2.24. The van der Waals surface area contributed by atoms with Crippen LogP contribution in [0.5, 0.6) is 0 Å². The van der Waals surface area contributed by atoms with Gasteiger partial charge in [-0.3, -0.25) is 4.90 Å². The third-order valence-electron chi connectivity index (χ3n) is 4.10. The molecule has 0 saturated heterocycles. The molecule has 0 atom stereocenters. The lowest BCUT2D eigenvalue weighted by molar-refractivity contribution is 0.142. The fourth-order valence-electron chi connectivity index (χ4n) is 2.99. The lowest BCUT2D eigenvalue weighted by Gasteiger charge is -2.36.